The molecule has 0 atom stereocenters. The maximum atomic E-state index is 11.4. The van der Waals surface area contributed by atoms with E-state index in [4.69, 9.17) is 11.6 Å². The van der Waals surface area contributed by atoms with Gasteiger partial charge in [-0.05, 0) is 37.0 Å². The zero-order valence-electron chi connectivity index (χ0n) is 9.03. The number of fused-ring (bicyclic) bond motifs is 2. The van der Waals surface area contributed by atoms with E-state index in [0.29, 0.717) is 21.5 Å². The fraction of sp³-hybridized carbons (Fsp3) is 0.231. The Balaban J connectivity index is 2.44. The van der Waals surface area contributed by atoms with E-state index in [2.05, 4.69) is 4.98 Å². The van der Waals surface area contributed by atoms with Crippen LogP contribution in [0, 0.1) is 0 Å². The topological polar surface area (TPSA) is 50.2 Å². The van der Waals surface area contributed by atoms with Crippen molar-refractivity contribution in [3.63, 3.8) is 0 Å². The highest BCUT2D eigenvalue weighted by Gasteiger charge is 2.23. The van der Waals surface area contributed by atoms with E-state index in [1.165, 1.54) is 0 Å². The summed E-state index contributed by atoms with van der Waals surface area (Å²) < 4.78 is 0. The maximum absolute atomic E-state index is 11.4. The number of hydrogen-bond donors (Lipinski definition) is 1. The number of rotatable bonds is 1. The fourth-order valence-corrected chi connectivity index (χ4v) is 2.65. The van der Waals surface area contributed by atoms with Crippen LogP contribution < -0.4 is 0 Å². The van der Waals surface area contributed by atoms with Crippen LogP contribution in [-0.2, 0) is 12.8 Å². The predicted octanol–water partition coefficient (Wildman–Crippen LogP) is 3.08. The molecule has 0 bridgehead atoms. The van der Waals surface area contributed by atoms with Crippen molar-refractivity contribution >= 4 is 28.5 Å². The van der Waals surface area contributed by atoms with E-state index < -0.39 is 5.97 Å². The zero-order valence-corrected chi connectivity index (χ0v) is 9.79. The second kappa shape index (κ2) is 3.70. The van der Waals surface area contributed by atoms with Crippen LogP contribution in [0.3, 0.4) is 0 Å². The monoisotopic (exact) mass is 247 g/mol. The van der Waals surface area contributed by atoms with Crippen LogP contribution in [0.4, 0.5) is 0 Å². The second-order valence-corrected chi connectivity index (χ2v) is 4.67. The number of halogens is 1. The van der Waals surface area contributed by atoms with Gasteiger partial charge in [0.15, 0.2) is 0 Å². The number of carboxylic acids is 1. The minimum absolute atomic E-state index is 0.402. The van der Waals surface area contributed by atoms with E-state index in [1.54, 1.807) is 18.2 Å². The third-order valence-corrected chi connectivity index (χ3v) is 3.42. The molecular formula is C13H10ClNO2. The lowest BCUT2D eigenvalue weighted by molar-refractivity contribution is 0.0698. The Morgan fingerprint density at radius 1 is 1.35 bits per heavy atom. The SMILES string of the molecule is O=C(O)c1c2c(nc3cc(Cl)ccc13)CCC2. The van der Waals surface area contributed by atoms with Gasteiger partial charge in [0, 0.05) is 16.1 Å². The van der Waals surface area contributed by atoms with Crippen LogP contribution in [0.15, 0.2) is 18.2 Å². The lowest BCUT2D eigenvalue weighted by Gasteiger charge is -2.08. The van der Waals surface area contributed by atoms with Crippen molar-refractivity contribution in [3.05, 3.63) is 40.0 Å². The molecule has 0 amide bonds. The second-order valence-electron chi connectivity index (χ2n) is 4.23. The first-order chi connectivity index (χ1) is 8.16. The Kier molecular flexibility index (Phi) is 2.30. The summed E-state index contributed by atoms with van der Waals surface area (Å²) in [5.74, 6) is -0.877. The van der Waals surface area contributed by atoms with Gasteiger partial charge in [0.1, 0.15) is 0 Å². The number of pyridine rings is 1. The molecular weight excluding hydrogens is 238 g/mol. The molecule has 1 N–H and O–H groups in total. The normalized spacial score (nSPS) is 13.9. The Labute approximate surface area is 103 Å². The van der Waals surface area contributed by atoms with Crippen molar-refractivity contribution in [2.45, 2.75) is 19.3 Å². The number of benzene rings is 1. The predicted molar refractivity (Wildman–Crippen MR) is 65.7 cm³/mol. The molecule has 17 heavy (non-hydrogen) atoms. The van der Waals surface area contributed by atoms with Gasteiger partial charge in [-0.25, -0.2) is 4.79 Å². The van der Waals surface area contributed by atoms with Gasteiger partial charge in [-0.2, -0.15) is 0 Å². The van der Waals surface area contributed by atoms with Gasteiger partial charge in [0.25, 0.3) is 0 Å². The van der Waals surface area contributed by atoms with Crippen molar-refractivity contribution in [2.75, 3.05) is 0 Å². The molecule has 86 valence electrons. The molecule has 0 spiro atoms. The van der Waals surface area contributed by atoms with Crippen LogP contribution >= 0.6 is 11.6 Å². The van der Waals surface area contributed by atoms with Crippen molar-refractivity contribution < 1.29 is 9.90 Å². The summed E-state index contributed by atoms with van der Waals surface area (Å²) in [4.78, 5) is 15.9. The van der Waals surface area contributed by atoms with Gasteiger partial charge in [-0.15, -0.1) is 0 Å². The number of carbonyl (C=O) groups is 1. The van der Waals surface area contributed by atoms with Crippen molar-refractivity contribution in [1.82, 2.24) is 4.98 Å². The van der Waals surface area contributed by atoms with E-state index >= 15 is 0 Å². The highest BCUT2D eigenvalue weighted by atomic mass is 35.5. The lowest BCUT2D eigenvalue weighted by Crippen LogP contribution is -2.05. The average molecular weight is 248 g/mol. The number of aromatic nitrogens is 1. The van der Waals surface area contributed by atoms with Gasteiger partial charge in [0.05, 0.1) is 11.1 Å². The largest absolute Gasteiger partial charge is 0.478 e. The third-order valence-electron chi connectivity index (χ3n) is 3.19. The number of aromatic carboxylic acids is 1. The Hall–Kier alpha value is -1.61. The molecule has 2 aromatic rings. The first-order valence-electron chi connectivity index (χ1n) is 5.51. The van der Waals surface area contributed by atoms with Crippen LogP contribution in [0.25, 0.3) is 10.9 Å². The minimum atomic E-state index is -0.877. The molecule has 3 nitrogen and oxygen atoms in total. The van der Waals surface area contributed by atoms with Gasteiger partial charge in [-0.3, -0.25) is 4.98 Å². The molecule has 0 saturated heterocycles. The zero-order chi connectivity index (χ0) is 12.0. The summed E-state index contributed by atoms with van der Waals surface area (Å²) >= 11 is 5.91. The van der Waals surface area contributed by atoms with E-state index in [9.17, 15) is 9.90 Å². The average Bonchev–Trinajstić information content (AvgIpc) is 2.72. The van der Waals surface area contributed by atoms with Crippen LogP contribution in [0.5, 0.6) is 0 Å². The summed E-state index contributed by atoms with van der Waals surface area (Å²) in [6.45, 7) is 0. The molecule has 3 rings (SSSR count). The fourth-order valence-electron chi connectivity index (χ4n) is 2.48. The molecule has 1 aliphatic carbocycles. The molecule has 1 heterocycles. The van der Waals surface area contributed by atoms with E-state index in [1.807, 2.05) is 0 Å². The number of nitrogens with zero attached hydrogens (tertiary/aromatic N) is 1. The smallest absolute Gasteiger partial charge is 0.336 e. The minimum Gasteiger partial charge on any atom is -0.478 e. The Morgan fingerprint density at radius 3 is 2.94 bits per heavy atom. The summed E-state index contributed by atoms with van der Waals surface area (Å²) in [6.07, 6.45) is 2.65. The number of hydrogen-bond acceptors (Lipinski definition) is 2. The summed E-state index contributed by atoms with van der Waals surface area (Å²) in [7, 11) is 0. The lowest BCUT2D eigenvalue weighted by atomic mass is 10.0. The summed E-state index contributed by atoms with van der Waals surface area (Å²) in [6, 6.07) is 5.17. The van der Waals surface area contributed by atoms with Crippen LogP contribution in [-0.4, -0.2) is 16.1 Å². The van der Waals surface area contributed by atoms with Gasteiger partial charge < -0.3 is 5.11 Å². The van der Waals surface area contributed by atoms with Gasteiger partial charge in [-0.1, -0.05) is 17.7 Å². The molecule has 0 aliphatic heterocycles. The first kappa shape index (κ1) is 10.5. The van der Waals surface area contributed by atoms with Crippen molar-refractivity contribution in [1.29, 1.82) is 0 Å². The molecule has 0 unspecified atom stereocenters. The number of carboxylic acid groups (broad SMARTS) is 1. The van der Waals surface area contributed by atoms with E-state index in [0.717, 1.165) is 30.5 Å². The molecule has 1 aromatic carbocycles. The standard InChI is InChI=1S/C13H10ClNO2/c14-7-4-5-9-11(6-7)15-10-3-1-2-8(10)12(9)13(16)17/h4-6H,1-3H2,(H,16,17). The summed E-state index contributed by atoms with van der Waals surface area (Å²) in [5.41, 5.74) is 2.89. The van der Waals surface area contributed by atoms with Crippen molar-refractivity contribution in [2.24, 2.45) is 0 Å². The Bertz CT molecular complexity index is 637. The number of aryl methyl sites for hydroxylation is 1. The molecule has 0 radical (unpaired) electrons. The summed E-state index contributed by atoms with van der Waals surface area (Å²) in [5, 5.41) is 10.6. The highest BCUT2D eigenvalue weighted by Crippen LogP contribution is 2.31. The maximum Gasteiger partial charge on any atom is 0.336 e. The van der Waals surface area contributed by atoms with Crippen LogP contribution in [0.1, 0.15) is 28.0 Å². The van der Waals surface area contributed by atoms with Gasteiger partial charge >= 0.3 is 5.97 Å². The van der Waals surface area contributed by atoms with Crippen molar-refractivity contribution in [3.8, 4) is 0 Å². The first-order valence-corrected chi connectivity index (χ1v) is 5.89. The molecule has 1 aliphatic rings. The molecule has 0 saturated carbocycles. The molecule has 0 fully saturated rings. The van der Waals surface area contributed by atoms with Crippen LogP contribution in [0.2, 0.25) is 5.02 Å². The Morgan fingerprint density at radius 2 is 2.18 bits per heavy atom. The van der Waals surface area contributed by atoms with Gasteiger partial charge in [0.2, 0.25) is 0 Å². The molecule has 4 heteroatoms. The molecule has 1 aromatic heterocycles. The highest BCUT2D eigenvalue weighted by molar-refractivity contribution is 6.31. The third kappa shape index (κ3) is 1.58. The quantitative estimate of drug-likeness (QED) is 0.843. The van der Waals surface area contributed by atoms with E-state index in [-0.39, 0.29) is 0 Å².